The monoisotopic (exact) mass is 237 g/mol. The van der Waals surface area contributed by atoms with E-state index in [4.69, 9.17) is 4.74 Å². The zero-order chi connectivity index (χ0) is 12.1. The number of hydrogen-bond donors (Lipinski definition) is 1. The Morgan fingerprint density at radius 2 is 2.29 bits per heavy atom. The van der Waals surface area contributed by atoms with Crippen molar-refractivity contribution in [3.05, 3.63) is 18.2 Å². The standard InChI is InChI=1S/C13H23N3O/c1-14-11-5-3-4-6-12(11)17-10-7-13-15-8-9-16(13)2/h8-9,11-12,14H,3-7,10H2,1-2H3. The fourth-order valence-electron chi connectivity index (χ4n) is 2.57. The quantitative estimate of drug-likeness (QED) is 0.843. The van der Waals surface area contributed by atoms with E-state index < -0.39 is 0 Å². The zero-order valence-electron chi connectivity index (χ0n) is 10.9. The number of hydrogen-bond acceptors (Lipinski definition) is 3. The SMILES string of the molecule is CNC1CCCCC1OCCc1nccn1C. The smallest absolute Gasteiger partial charge is 0.110 e. The molecule has 1 saturated carbocycles. The average molecular weight is 237 g/mol. The molecule has 0 spiro atoms. The highest BCUT2D eigenvalue weighted by Gasteiger charge is 2.24. The molecule has 1 fully saturated rings. The molecule has 4 heteroatoms. The Bertz CT molecular complexity index is 337. The second kappa shape index (κ2) is 6.17. The largest absolute Gasteiger partial charge is 0.376 e. The molecule has 0 saturated heterocycles. The number of nitrogens with zero attached hydrogens (tertiary/aromatic N) is 2. The van der Waals surface area contributed by atoms with Crippen molar-refractivity contribution >= 4 is 0 Å². The Labute approximate surface area is 103 Å². The van der Waals surface area contributed by atoms with Crippen LogP contribution in [0.2, 0.25) is 0 Å². The van der Waals surface area contributed by atoms with Crippen molar-refractivity contribution in [1.82, 2.24) is 14.9 Å². The lowest BCUT2D eigenvalue weighted by Crippen LogP contribution is -2.42. The van der Waals surface area contributed by atoms with Gasteiger partial charge >= 0.3 is 0 Å². The predicted molar refractivity (Wildman–Crippen MR) is 68.0 cm³/mol. The fourth-order valence-corrected chi connectivity index (χ4v) is 2.57. The highest BCUT2D eigenvalue weighted by Crippen LogP contribution is 2.21. The summed E-state index contributed by atoms with van der Waals surface area (Å²) in [7, 11) is 4.06. The summed E-state index contributed by atoms with van der Waals surface area (Å²) < 4.78 is 8.05. The highest BCUT2D eigenvalue weighted by atomic mass is 16.5. The van der Waals surface area contributed by atoms with E-state index in [0.717, 1.165) is 18.9 Å². The van der Waals surface area contributed by atoms with Gasteiger partial charge < -0.3 is 14.6 Å². The lowest BCUT2D eigenvalue weighted by atomic mass is 9.92. The van der Waals surface area contributed by atoms with E-state index in [1.807, 2.05) is 26.5 Å². The minimum atomic E-state index is 0.383. The zero-order valence-corrected chi connectivity index (χ0v) is 10.9. The molecule has 2 rings (SSSR count). The first kappa shape index (κ1) is 12.6. The van der Waals surface area contributed by atoms with E-state index in [1.165, 1.54) is 25.7 Å². The van der Waals surface area contributed by atoms with Crippen LogP contribution in [0.15, 0.2) is 12.4 Å². The number of ether oxygens (including phenoxy) is 1. The summed E-state index contributed by atoms with van der Waals surface area (Å²) >= 11 is 0. The molecular formula is C13H23N3O. The number of rotatable bonds is 5. The highest BCUT2D eigenvalue weighted by molar-refractivity contribution is 4.91. The maximum absolute atomic E-state index is 6.00. The number of likely N-dealkylation sites (N-methyl/N-ethyl adjacent to an activating group) is 1. The Balaban J connectivity index is 1.75. The summed E-state index contributed by atoms with van der Waals surface area (Å²) in [5.41, 5.74) is 0. The van der Waals surface area contributed by atoms with Crippen LogP contribution in [0.4, 0.5) is 0 Å². The van der Waals surface area contributed by atoms with Crippen LogP contribution in [0.25, 0.3) is 0 Å². The summed E-state index contributed by atoms with van der Waals surface area (Å²) in [6, 6.07) is 0.533. The van der Waals surface area contributed by atoms with Gasteiger partial charge in [0.2, 0.25) is 0 Å². The van der Waals surface area contributed by atoms with E-state index in [9.17, 15) is 0 Å². The molecule has 2 atom stereocenters. The topological polar surface area (TPSA) is 39.1 Å². The fraction of sp³-hybridized carbons (Fsp3) is 0.769. The van der Waals surface area contributed by atoms with Crippen LogP contribution in [0.1, 0.15) is 31.5 Å². The van der Waals surface area contributed by atoms with Crippen LogP contribution in [0, 0.1) is 0 Å². The number of imidazole rings is 1. The van der Waals surface area contributed by atoms with E-state index in [1.54, 1.807) is 0 Å². The van der Waals surface area contributed by atoms with Crippen molar-refractivity contribution in [1.29, 1.82) is 0 Å². The lowest BCUT2D eigenvalue weighted by molar-refractivity contribution is 0.00804. The van der Waals surface area contributed by atoms with Crippen LogP contribution in [-0.4, -0.2) is 35.4 Å². The minimum Gasteiger partial charge on any atom is -0.376 e. The maximum atomic E-state index is 6.00. The van der Waals surface area contributed by atoms with Crippen molar-refractivity contribution in [2.45, 2.75) is 44.2 Å². The van der Waals surface area contributed by atoms with Crippen LogP contribution >= 0.6 is 0 Å². The summed E-state index contributed by atoms with van der Waals surface area (Å²) in [6.07, 6.45) is 10.1. The van der Waals surface area contributed by atoms with Crippen LogP contribution in [-0.2, 0) is 18.2 Å². The summed E-state index contributed by atoms with van der Waals surface area (Å²) in [4.78, 5) is 4.30. The number of aromatic nitrogens is 2. The van der Waals surface area contributed by atoms with Gasteiger partial charge in [0.15, 0.2) is 0 Å². The molecule has 1 aromatic rings. The van der Waals surface area contributed by atoms with Gasteiger partial charge in [-0.25, -0.2) is 4.98 Å². The van der Waals surface area contributed by atoms with Gasteiger partial charge in [0.05, 0.1) is 12.7 Å². The normalized spacial score (nSPS) is 25.1. The van der Waals surface area contributed by atoms with Gasteiger partial charge in [-0.1, -0.05) is 12.8 Å². The van der Waals surface area contributed by atoms with Crippen LogP contribution < -0.4 is 5.32 Å². The molecule has 1 aliphatic rings. The number of nitrogens with one attached hydrogen (secondary N) is 1. The molecular weight excluding hydrogens is 214 g/mol. The van der Waals surface area contributed by atoms with Crippen molar-refractivity contribution in [2.75, 3.05) is 13.7 Å². The van der Waals surface area contributed by atoms with Gasteiger partial charge in [-0.05, 0) is 19.9 Å². The molecule has 1 aliphatic carbocycles. The third-order valence-corrected chi connectivity index (χ3v) is 3.65. The minimum absolute atomic E-state index is 0.383. The van der Waals surface area contributed by atoms with Gasteiger partial charge in [-0.15, -0.1) is 0 Å². The Morgan fingerprint density at radius 3 is 3.00 bits per heavy atom. The van der Waals surface area contributed by atoms with E-state index in [2.05, 4.69) is 14.9 Å². The lowest BCUT2D eigenvalue weighted by Gasteiger charge is -2.31. The average Bonchev–Trinajstić information content (AvgIpc) is 2.76. The second-order valence-electron chi connectivity index (χ2n) is 4.79. The first-order chi connectivity index (χ1) is 8.31. The second-order valence-corrected chi connectivity index (χ2v) is 4.79. The molecule has 96 valence electrons. The predicted octanol–water partition coefficient (Wildman–Crippen LogP) is 1.51. The first-order valence-corrected chi connectivity index (χ1v) is 6.56. The molecule has 0 aromatic carbocycles. The molecule has 0 bridgehead atoms. The van der Waals surface area contributed by atoms with E-state index >= 15 is 0 Å². The summed E-state index contributed by atoms with van der Waals surface area (Å²) in [6.45, 7) is 0.772. The van der Waals surface area contributed by atoms with Crippen molar-refractivity contribution in [3.63, 3.8) is 0 Å². The van der Waals surface area contributed by atoms with Gasteiger partial charge in [0.25, 0.3) is 0 Å². The molecule has 0 amide bonds. The summed E-state index contributed by atoms with van der Waals surface area (Å²) in [5.74, 6) is 1.10. The van der Waals surface area contributed by atoms with Crippen LogP contribution in [0.3, 0.4) is 0 Å². The van der Waals surface area contributed by atoms with Crippen molar-refractivity contribution in [3.8, 4) is 0 Å². The molecule has 1 heterocycles. The van der Waals surface area contributed by atoms with Gasteiger partial charge in [-0.3, -0.25) is 0 Å². The van der Waals surface area contributed by atoms with Crippen LogP contribution in [0.5, 0.6) is 0 Å². The third kappa shape index (κ3) is 3.30. The molecule has 0 aliphatic heterocycles. The Kier molecular flexibility index (Phi) is 4.57. The molecule has 2 unspecified atom stereocenters. The van der Waals surface area contributed by atoms with Gasteiger partial charge in [0, 0.05) is 31.9 Å². The van der Waals surface area contributed by atoms with E-state index in [-0.39, 0.29) is 0 Å². The van der Waals surface area contributed by atoms with Crippen molar-refractivity contribution in [2.24, 2.45) is 7.05 Å². The number of aryl methyl sites for hydroxylation is 1. The summed E-state index contributed by atoms with van der Waals surface area (Å²) in [5, 5.41) is 3.36. The molecule has 17 heavy (non-hydrogen) atoms. The van der Waals surface area contributed by atoms with Gasteiger partial charge in [-0.2, -0.15) is 0 Å². The van der Waals surface area contributed by atoms with Crippen molar-refractivity contribution < 1.29 is 4.74 Å². The first-order valence-electron chi connectivity index (χ1n) is 6.56. The molecule has 4 nitrogen and oxygen atoms in total. The Morgan fingerprint density at radius 1 is 1.47 bits per heavy atom. The molecule has 1 N–H and O–H groups in total. The van der Waals surface area contributed by atoms with Gasteiger partial charge in [0.1, 0.15) is 5.82 Å². The Hall–Kier alpha value is -0.870. The third-order valence-electron chi connectivity index (χ3n) is 3.65. The maximum Gasteiger partial charge on any atom is 0.110 e. The van der Waals surface area contributed by atoms with E-state index in [0.29, 0.717) is 12.1 Å². The molecule has 0 radical (unpaired) electrons. The molecule has 1 aromatic heterocycles.